The Kier molecular flexibility index (Phi) is 5.34. The average molecular weight is 496 g/mol. The summed E-state index contributed by atoms with van der Waals surface area (Å²) >= 11 is 0. The van der Waals surface area contributed by atoms with Crippen molar-refractivity contribution >= 4 is 22.9 Å². The third kappa shape index (κ3) is 3.90. The smallest absolute Gasteiger partial charge is 0.296 e. The SMILES string of the molecule is FC(F)c1nc2ccccc2n1-c1nc(NCC23CC4CC(CC(C4)C2)C3)nc(N2CCOCC2)n1. The molecule has 1 N–H and O–H groups in total. The third-order valence-corrected chi connectivity index (χ3v) is 8.67. The van der Waals surface area contributed by atoms with E-state index in [1.807, 2.05) is 11.0 Å². The molecule has 1 aromatic carbocycles. The number of benzene rings is 1. The predicted molar refractivity (Wildman–Crippen MR) is 132 cm³/mol. The quantitative estimate of drug-likeness (QED) is 0.535. The molecule has 3 aromatic rings. The summed E-state index contributed by atoms with van der Waals surface area (Å²) in [5, 5.41) is 3.54. The summed E-state index contributed by atoms with van der Waals surface area (Å²) in [4.78, 5) is 20.3. The molecular formula is C26H31F2N7O. The van der Waals surface area contributed by atoms with Crippen molar-refractivity contribution in [3.8, 4) is 5.95 Å². The summed E-state index contributed by atoms with van der Waals surface area (Å²) in [6, 6.07) is 7.11. The van der Waals surface area contributed by atoms with Crippen molar-refractivity contribution in [1.29, 1.82) is 0 Å². The van der Waals surface area contributed by atoms with E-state index < -0.39 is 6.43 Å². The van der Waals surface area contributed by atoms with E-state index >= 15 is 0 Å². The number of rotatable bonds is 6. The molecule has 8 rings (SSSR count). The molecule has 0 unspecified atom stereocenters. The van der Waals surface area contributed by atoms with Crippen molar-refractivity contribution in [3.05, 3.63) is 30.1 Å². The molecule has 0 amide bonds. The molecule has 1 saturated heterocycles. The number of nitrogens with zero attached hydrogens (tertiary/aromatic N) is 6. The predicted octanol–water partition coefficient (Wildman–Crippen LogP) is 4.61. The highest BCUT2D eigenvalue weighted by atomic mass is 19.3. The highest BCUT2D eigenvalue weighted by Crippen LogP contribution is 2.59. The van der Waals surface area contributed by atoms with Gasteiger partial charge in [0.2, 0.25) is 17.8 Å². The van der Waals surface area contributed by atoms with Crippen molar-refractivity contribution in [1.82, 2.24) is 24.5 Å². The first-order chi connectivity index (χ1) is 17.6. The van der Waals surface area contributed by atoms with Crippen LogP contribution in [0.25, 0.3) is 17.0 Å². The van der Waals surface area contributed by atoms with Crippen LogP contribution in [0.4, 0.5) is 20.7 Å². The topological polar surface area (TPSA) is 81.0 Å². The molecule has 5 fully saturated rings. The Morgan fingerprint density at radius 2 is 1.58 bits per heavy atom. The van der Waals surface area contributed by atoms with Crippen LogP contribution in [0.1, 0.15) is 50.8 Å². The number of imidazole rings is 1. The normalized spacial score (nSPS) is 29.4. The van der Waals surface area contributed by atoms with Gasteiger partial charge in [0.05, 0.1) is 24.2 Å². The van der Waals surface area contributed by atoms with Gasteiger partial charge in [-0.3, -0.25) is 4.57 Å². The minimum Gasteiger partial charge on any atom is -0.378 e. The van der Waals surface area contributed by atoms with Crippen LogP contribution in [0.3, 0.4) is 0 Å². The second-order valence-corrected chi connectivity index (χ2v) is 11.2. The van der Waals surface area contributed by atoms with E-state index in [4.69, 9.17) is 9.72 Å². The van der Waals surface area contributed by atoms with Crippen molar-refractivity contribution < 1.29 is 13.5 Å². The van der Waals surface area contributed by atoms with E-state index in [1.165, 1.54) is 43.1 Å². The molecule has 5 aliphatic rings. The lowest BCUT2D eigenvalue weighted by Crippen LogP contribution is -2.49. The summed E-state index contributed by atoms with van der Waals surface area (Å²) in [6.45, 7) is 3.25. The summed E-state index contributed by atoms with van der Waals surface area (Å²) in [5.41, 5.74) is 1.33. The summed E-state index contributed by atoms with van der Waals surface area (Å²) in [7, 11) is 0. The molecule has 8 nitrogen and oxygen atoms in total. The second kappa shape index (κ2) is 8.61. The lowest BCUT2D eigenvalue weighted by atomic mass is 9.49. The Labute approximate surface area is 208 Å². The van der Waals surface area contributed by atoms with Gasteiger partial charge in [0.1, 0.15) is 0 Å². The average Bonchev–Trinajstić information content (AvgIpc) is 3.27. The van der Waals surface area contributed by atoms with E-state index in [9.17, 15) is 8.78 Å². The van der Waals surface area contributed by atoms with Gasteiger partial charge in [-0.05, 0) is 73.8 Å². The standard InChI is InChI=1S/C26H31F2N7O/c27-21(28)22-30-19-3-1-2-4-20(19)35(22)25-32-23(31-24(33-25)34-5-7-36-8-6-34)29-15-26-12-16-9-17(13-26)11-18(10-16)14-26/h1-4,16-18,21H,5-15H2,(H,29,31,32,33). The van der Waals surface area contributed by atoms with Crippen molar-refractivity contribution in [2.24, 2.45) is 23.2 Å². The fourth-order valence-electron chi connectivity index (χ4n) is 7.61. The van der Waals surface area contributed by atoms with Crippen LogP contribution in [-0.4, -0.2) is 57.4 Å². The van der Waals surface area contributed by atoms with Gasteiger partial charge in [0, 0.05) is 19.6 Å². The lowest BCUT2D eigenvalue weighted by molar-refractivity contribution is -0.0445. The maximum Gasteiger partial charge on any atom is 0.296 e. The molecule has 4 aliphatic carbocycles. The van der Waals surface area contributed by atoms with Gasteiger partial charge < -0.3 is 15.0 Å². The first-order valence-corrected chi connectivity index (χ1v) is 13.1. The van der Waals surface area contributed by atoms with E-state index in [1.54, 1.807) is 18.2 Å². The molecule has 3 heterocycles. The van der Waals surface area contributed by atoms with Crippen LogP contribution in [0.15, 0.2) is 24.3 Å². The van der Waals surface area contributed by atoms with E-state index in [0.29, 0.717) is 49.2 Å². The number of halogens is 2. The van der Waals surface area contributed by atoms with Gasteiger partial charge >= 0.3 is 0 Å². The molecule has 1 aliphatic heterocycles. The number of ether oxygens (including phenoxy) is 1. The minimum absolute atomic E-state index is 0.170. The van der Waals surface area contributed by atoms with Gasteiger partial charge in [-0.1, -0.05) is 12.1 Å². The fourth-order valence-corrected chi connectivity index (χ4v) is 7.61. The molecule has 2 aromatic heterocycles. The van der Waals surface area contributed by atoms with E-state index in [0.717, 1.165) is 24.3 Å². The molecule has 190 valence electrons. The van der Waals surface area contributed by atoms with Crippen LogP contribution >= 0.6 is 0 Å². The molecular weight excluding hydrogens is 464 g/mol. The number of morpholine rings is 1. The number of alkyl halides is 2. The number of para-hydroxylation sites is 2. The zero-order chi connectivity index (χ0) is 24.3. The molecule has 4 bridgehead atoms. The zero-order valence-corrected chi connectivity index (χ0v) is 20.2. The van der Waals surface area contributed by atoms with Gasteiger partial charge in [0.25, 0.3) is 6.43 Å². The maximum atomic E-state index is 14.1. The number of hydrogen-bond donors (Lipinski definition) is 1. The van der Waals surface area contributed by atoms with Gasteiger partial charge in [0.15, 0.2) is 5.82 Å². The van der Waals surface area contributed by atoms with Gasteiger partial charge in [-0.15, -0.1) is 0 Å². The largest absolute Gasteiger partial charge is 0.378 e. The molecule has 0 spiro atoms. The van der Waals surface area contributed by atoms with Crippen LogP contribution in [0.5, 0.6) is 0 Å². The zero-order valence-electron chi connectivity index (χ0n) is 20.2. The maximum absolute atomic E-state index is 14.1. The highest BCUT2D eigenvalue weighted by molar-refractivity contribution is 5.77. The van der Waals surface area contributed by atoms with Crippen LogP contribution in [0, 0.1) is 23.2 Å². The van der Waals surface area contributed by atoms with Gasteiger partial charge in [-0.25, -0.2) is 13.8 Å². The Bertz CT molecular complexity index is 1240. The van der Waals surface area contributed by atoms with E-state index in [-0.39, 0.29) is 17.2 Å². The summed E-state index contributed by atoms with van der Waals surface area (Å²) < 4.78 is 35.0. The number of fused-ring (bicyclic) bond motifs is 1. The lowest BCUT2D eigenvalue weighted by Gasteiger charge is -2.56. The van der Waals surface area contributed by atoms with Crippen molar-refractivity contribution in [3.63, 3.8) is 0 Å². The summed E-state index contributed by atoms with van der Waals surface area (Å²) in [6.07, 6.45) is 5.21. The number of hydrogen-bond acceptors (Lipinski definition) is 7. The van der Waals surface area contributed by atoms with Crippen LogP contribution in [0.2, 0.25) is 0 Å². The third-order valence-electron chi connectivity index (χ3n) is 8.67. The molecule has 0 atom stereocenters. The summed E-state index contributed by atoms with van der Waals surface area (Å²) in [5.74, 6) is 3.28. The molecule has 4 saturated carbocycles. The molecule has 0 radical (unpaired) electrons. The van der Waals surface area contributed by atoms with Crippen molar-refractivity contribution in [2.45, 2.75) is 45.0 Å². The first-order valence-electron chi connectivity index (χ1n) is 13.1. The fraction of sp³-hybridized carbons (Fsp3) is 0.615. The number of aromatic nitrogens is 5. The molecule has 10 heteroatoms. The Hall–Kier alpha value is -2.88. The van der Waals surface area contributed by atoms with Crippen molar-refractivity contribution in [2.75, 3.05) is 43.1 Å². The van der Waals surface area contributed by atoms with Crippen LogP contribution < -0.4 is 10.2 Å². The Morgan fingerprint density at radius 1 is 0.917 bits per heavy atom. The molecule has 36 heavy (non-hydrogen) atoms. The Balaban J connectivity index is 1.27. The van der Waals surface area contributed by atoms with E-state index in [2.05, 4.69) is 20.3 Å². The first kappa shape index (κ1) is 22.3. The van der Waals surface area contributed by atoms with Gasteiger partial charge in [-0.2, -0.15) is 15.0 Å². The minimum atomic E-state index is -2.76. The monoisotopic (exact) mass is 495 g/mol. The number of nitrogens with one attached hydrogen (secondary N) is 1. The Morgan fingerprint density at radius 3 is 2.28 bits per heavy atom. The van der Waals surface area contributed by atoms with Crippen LogP contribution in [-0.2, 0) is 4.74 Å². The highest BCUT2D eigenvalue weighted by Gasteiger charge is 2.50. The number of anilines is 2. The second-order valence-electron chi connectivity index (χ2n) is 11.2.